The summed E-state index contributed by atoms with van der Waals surface area (Å²) in [6.07, 6.45) is 1.43. The molecule has 1 aliphatic rings. The molecule has 0 saturated carbocycles. The fraction of sp³-hybridized carbons (Fsp3) is 0.400. The predicted octanol–water partition coefficient (Wildman–Crippen LogP) is 4.19. The summed E-state index contributed by atoms with van der Waals surface area (Å²) >= 11 is 5.28. The molecule has 9 heteroatoms. The van der Waals surface area contributed by atoms with Crippen LogP contribution in [0.25, 0.3) is 10.4 Å². The van der Waals surface area contributed by atoms with Gasteiger partial charge >= 0.3 is 0 Å². The Hall–Kier alpha value is -0.840. The number of benzene rings is 1. The van der Waals surface area contributed by atoms with Crippen LogP contribution in [0.4, 0.5) is 0 Å². The van der Waals surface area contributed by atoms with Gasteiger partial charge in [0.2, 0.25) is 0 Å². The Balaban J connectivity index is 0.000000671. The van der Waals surface area contributed by atoms with E-state index in [9.17, 15) is 13.0 Å². The zero-order chi connectivity index (χ0) is 18.5. The van der Waals surface area contributed by atoms with E-state index in [-0.39, 0.29) is 4.90 Å². The Morgan fingerprint density at radius 1 is 1.12 bits per heavy atom. The first-order chi connectivity index (χ1) is 11.4. The van der Waals surface area contributed by atoms with Crippen LogP contribution in [0.15, 0.2) is 17.0 Å². The average Bonchev–Trinajstić information content (AvgIpc) is 2.98. The maximum absolute atomic E-state index is 11.6. The van der Waals surface area contributed by atoms with Gasteiger partial charge in [-0.2, -0.15) is 8.42 Å². The van der Waals surface area contributed by atoms with Crippen molar-refractivity contribution in [1.29, 1.82) is 0 Å². The van der Waals surface area contributed by atoms with Crippen molar-refractivity contribution in [3.63, 3.8) is 0 Å². The molecule has 0 amide bonds. The van der Waals surface area contributed by atoms with Crippen molar-refractivity contribution in [2.75, 3.05) is 14.2 Å². The molecule has 1 aromatic heterocycles. The molecule has 0 fully saturated rings. The molecule has 2 aromatic rings. The third kappa shape index (κ3) is 4.04. The van der Waals surface area contributed by atoms with E-state index in [1.165, 1.54) is 26.7 Å². The minimum atomic E-state index is -4.28. The lowest BCUT2D eigenvalue weighted by Crippen LogP contribution is -2.10. The normalized spacial score (nSPS) is 11.9. The van der Waals surface area contributed by atoms with E-state index in [1.807, 2.05) is 13.8 Å². The lowest BCUT2D eigenvalue weighted by atomic mass is 9.91. The van der Waals surface area contributed by atoms with Crippen LogP contribution in [0, 0.1) is 3.82 Å². The summed E-state index contributed by atoms with van der Waals surface area (Å²) < 4.78 is 38.8. The highest BCUT2D eigenvalue weighted by Crippen LogP contribution is 2.46. The summed E-state index contributed by atoms with van der Waals surface area (Å²) in [6, 6.07) is 2.97. The van der Waals surface area contributed by atoms with E-state index >= 15 is 0 Å². The van der Waals surface area contributed by atoms with Crippen LogP contribution in [0.5, 0.6) is 5.75 Å². The molecule has 1 heterocycles. The molecule has 0 radical (unpaired) electrons. The van der Waals surface area contributed by atoms with Gasteiger partial charge in [0.1, 0.15) is 14.5 Å². The van der Waals surface area contributed by atoms with Crippen molar-refractivity contribution < 1.29 is 22.8 Å². The topological polar surface area (TPSA) is 83.8 Å². The number of hydrogen-bond acceptors (Lipinski definition) is 7. The predicted molar refractivity (Wildman–Crippen MR) is 102 cm³/mol. The summed E-state index contributed by atoms with van der Waals surface area (Å²) in [4.78, 5) is 0.770. The van der Waals surface area contributed by atoms with Crippen molar-refractivity contribution in [1.82, 2.24) is 0 Å². The van der Waals surface area contributed by atoms with Crippen LogP contribution < -0.4 is 4.74 Å². The molecule has 1 aliphatic carbocycles. The van der Waals surface area contributed by atoms with E-state index in [0.29, 0.717) is 17.7 Å². The third-order valence-electron chi connectivity index (χ3n) is 3.30. The smallest absolute Gasteiger partial charge is 0.295 e. The molecule has 3 rings (SSSR count). The molecule has 0 spiro atoms. The standard InChI is InChI=1S/C12H10O4S4.C2H6.CH4O/c1-16-8-4-5-9(20(13,14)15)10-6(8)2-3-7-11(10)18-19-12(7)17;2*1-2/h4-5H,2-3H2,1H3,(H,13,14,15);1-2H3;2H,1H3. The quantitative estimate of drug-likeness (QED) is 0.440. The lowest BCUT2D eigenvalue weighted by molar-refractivity contribution is 0.399. The van der Waals surface area contributed by atoms with Gasteiger partial charge in [0.15, 0.2) is 0 Å². The van der Waals surface area contributed by atoms with Gasteiger partial charge in [0.05, 0.1) is 12.0 Å². The largest absolute Gasteiger partial charge is 0.496 e. The maximum Gasteiger partial charge on any atom is 0.295 e. The van der Waals surface area contributed by atoms with Crippen LogP contribution >= 0.6 is 32.9 Å². The van der Waals surface area contributed by atoms with Gasteiger partial charge in [0, 0.05) is 23.8 Å². The van der Waals surface area contributed by atoms with Crippen LogP contribution in [-0.4, -0.2) is 32.3 Å². The fourth-order valence-electron chi connectivity index (χ4n) is 2.44. The Morgan fingerprint density at radius 2 is 1.71 bits per heavy atom. The molecule has 2 N–H and O–H groups in total. The molecule has 0 saturated heterocycles. The number of ether oxygens (including phenoxy) is 1. The van der Waals surface area contributed by atoms with E-state index in [4.69, 9.17) is 22.1 Å². The van der Waals surface area contributed by atoms with E-state index in [0.717, 1.165) is 33.4 Å². The number of hydrogen-bond donors (Lipinski definition) is 2. The van der Waals surface area contributed by atoms with E-state index < -0.39 is 10.1 Å². The highest BCUT2D eigenvalue weighted by atomic mass is 32.9. The van der Waals surface area contributed by atoms with Crippen LogP contribution in [0.1, 0.15) is 25.0 Å². The summed E-state index contributed by atoms with van der Waals surface area (Å²) in [5.41, 5.74) is 2.37. The Kier molecular flexibility index (Phi) is 7.97. The summed E-state index contributed by atoms with van der Waals surface area (Å²) in [6.45, 7) is 4.00. The zero-order valence-corrected chi connectivity index (χ0v) is 17.1. The highest BCUT2D eigenvalue weighted by Gasteiger charge is 2.29. The van der Waals surface area contributed by atoms with Gasteiger partial charge in [-0.3, -0.25) is 4.55 Å². The SMILES string of the molecule is CC.CO.COc1ccc(S(=O)(=O)O)c2c1CCc1c-2ssc1=S. The van der Waals surface area contributed by atoms with E-state index in [2.05, 4.69) is 0 Å². The first kappa shape index (κ1) is 21.2. The molecule has 5 nitrogen and oxygen atoms in total. The van der Waals surface area contributed by atoms with Gasteiger partial charge in [-0.05, 0) is 25.0 Å². The highest BCUT2D eigenvalue weighted by molar-refractivity contribution is 7.86. The Morgan fingerprint density at radius 3 is 2.25 bits per heavy atom. The van der Waals surface area contributed by atoms with Crippen molar-refractivity contribution in [2.45, 2.75) is 31.6 Å². The molecule has 0 atom stereocenters. The van der Waals surface area contributed by atoms with Crippen molar-refractivity contribution in [3.8, 4) is 16.2 Å². The average molecular weight is 409 g/mol. The first-order valence-corrected chi connectivity index (χ1v) is 11.2. The molecular formula is C15H20O5S4. The second kappa shape index (κ2) is 9.02. The molecule has 134 valence electrons. The molecule has 0 aliphatic heterocycles. The van der Waals surface area contributed by atoms with Gasteiger partial charge in [0.25, 0.3) is 10.1 Å². The Labute approximate surface area is 154 Å². The molecule has 24 heavy (non-hydrogen) atoms. The zero-order valence-electron chi connectivity index (χ0n) is 13.8. The second-order valence-electron chi connectivity index (χ2n) is 4.36. The van der Waals surface area contributed by atoms with Crippen LogP contribution in [0.3, 0.4) is 0 Å². The number of fused-ring (bicyclic) bond motifs is 3. The number of aliphatic hydroxyl groups is 1. The van der Waals surface area contributed by atoms with Gasteiger partial charge in [-0.15, -0.1) is 0 Å². The minimum absolute atomic E-state index is 0.0710. The number of aliphatic hydroxyl groups excluding tert-OH is 1. The summed E-state index contributed by atoms with van der Waals surface area (Å²) in [5.74, 6) is 0.641. The summed E-state index contributed by atoms with van der Waals surface area (Å²) in [5, 5.41) is 7.00. The number of rotatable bonds is 2. The van der Waals surface area contributed by atoms with Gasteiger partial charge in [-0.1, -0.05) is 46.7 Å². The monoisotopic (exact) mass is 408 g/mol. The molecular weight excluding hydrogens is 388 g/mol. The lowest BCUT2D eigenvalue weighted by Gasteiger charge is -2.20. The fourth-order valence-corrected chi connectivity index (χ4v) is 6.28. The first-order valence-electron chi connectivity index (χ1n) is 7.18. The summed E-state index contributed by atoms with van der Waals surface area (Å²) in [7, 11) is 1.17. The second-order valence-corrected chi connectivity index (χ2v) is 8.56. The van der Waals surface area contributed by atoms with Gasteiger partial charge in [-0.25, -0.2) is 0 Å². The van der Waals surface area contributed by atoms with Crippen molar-refractivity contribution in [2.24, 2.45) is 0 Å². The third-order valence-corrected chi connectivity index (χ3v) is 7.36. The van der Waals surface area contributed by atoms with Crippen molar-refractivity contribution in [3.05, 3.63) is 27.1 Å². The Bertz CT molecular complexity index is 849. The molecule has 1 aromatic carbocycles. The van der Waals surface area contributed by atoms with Crippen LogP contribution in [0.2, 0.25) is 0 Å². The van der Waals surface area contributed by atoms with Gasteiger partial charge < -0.3 is 9.84 Å². The van der Waals surface area contributed by atoms with E-state index in [1.54, 1.807) is 13.2 Å². The molecule has 0 unspecified atom stereocenters. The molecule has 0 bridgehead atoms. The number of methoxy groups -OCH3 is 1. The minimum Gasteiger partial charge on any atom is -0.496 e. The maximum atomic E-state index is 11.6. The van der Waals surface area contributed by atoms with Crippen LogP contribution in [-0.2, 0) is 23.0 Å². The van der Waals surface area contributed by atoms with Crippen molar-refractivity contribution >= 4 is 43.0 Å².